The number of nitrogens with zero attached hydrogens (tertiary/aromatic N) is 3. The summed E-state index contributed by atoms with van der Waals surface area (Å²) in [6, 6.07) is 2.12. The van der Waals surface area contributed by atoms with E-state index < -0.39 is 0 Å². The first kappa shape index (κ1) is 11.7. The molecule has 0 radical (unpaired) electrons. The van der Waals surface area contributed by atoms with Crippen LogP contribution in [-0.2, 0) is 6.42 Å². The van der Waals surface area contributed by atoms with E-state index in [9.17, 15) is 0 Å². The van der Waals surface area contributed by atoms with Crippen molar-refractivity contribution in [3.63, 3.8) is 0 Å². The van der Waals surface area contributed by atoms with E-state index in [1.165, 1.54) is 0 Å². The molecule has 1 rings (SSSR count). The number of rotatable bonds is 6. The van der Waals surface area contributed by atoms with Gasteiger partial charge >= 0.3 is 0 Å². The second-order valence-electron chi connectivity index (χ2n) is 3.75. The number of nitriles is 1. The quantitative estimate of drug-likeness (QED) is 0.719. The minimum atomic E-state index is 0.188. The Morgan fingerprint density at radius 1 is 1.53 bits per heavy atom. The maximum atomic E-state index is 8.47. The van der Waals surface area contributed by atoms with E-state index >= 15 is 0 Å². The zero-order valence-corrected chi connectivity index (χ0v) is 9.36. The number of aryl methyl sites for hydroxylation is 1. The van der Waals surface area contributed by atoms with Gasteiger partial charge in [0, 0.05) is 18.8 Å². The molecule has 1 atom stereocenters. The summed E-state index contributed by atoms with van der Waals surface area (Å²) in [5.41, 5.74) is 0. The second kappa shape index (κ2) is 6.18. The van der Waals surface area contributed by atoms with Gasteiger partial charge in [0.05, 0.1) is 6.07 Å². The highest BCUT2D eigenvalue weighted by molar-refractivity contribution is 4.93. The van der Waals surface area contributed by atoms with Crippen molar-refractivity contribution < 1.29 is 4.52 Å². The van der Waals surface area contributed by atoms with Crippen LogP contribution in [0.5, 0.6) is 0 Å². The van der Waals surface area contributed by atoms with Gasteiger partial charge in [-0.2, -0.15) is 10.2 Å². The molecule has 0 aliphatic heterocycles. The van der Waals surface area contributed by atoms with Gasteiger partial charge in [-0.3, -0.25) is 0 Å². The van der Waals surface area contributed by atoms with Crippen molar-refractivity contribution in [1.82, 2.24) is 10.1 Å². The summed E-state index contributed by atoms with van der Waals surface area (Å²) in [5, 5.41) is 12.4. The Morgan fingerprint density at radius 2 is 2.33 bits per heavy atom. The van der Waals surface area contributed by atoms with Crippen LogP contribution in [0.15, 0.2) is 4.52 Å². The summed E-state index contributed by atoms with van der Waals surface area (Å²) in [6.45, 7) is 4.14. The molecule has 0 aliphatic rings. The van der Waals surface area contributed by atoms with Gasteiger partial charge in [-0.1, -0.05) is 25.4 Å². The van der Waals surface area contributed by atoms with Crippen LogP contribution in [0.25, 0.3) is 0 Å². The molecule has 4 heteroatoms. The smallest absolute Gasteiger partial charge is 0.229 e. The van der Waals surface area contributed by atoms with Crippen LogP contribution >= 0.6 is 0 Å². The first-order chi connectivity index (χ1) is 7.27. The molecule has 0 amide bonds. The Morgan fingerprint density at radius 3 is 3.00 bits per heavy atom. The molecular weight excluding hydrogens is 190 g/mol. The summed E-state index contributed by atoms with van der Waals surface area (Å²) in [5.74, 6) is 1.64. The molecule has 82 valence electrons. The number of hydrogen-bond donors (Lipinski definition) is 0. The Kier molecular flexibility index (Phi) is 4.82. The van der Waals surface area contributed by atoms with Crippen LogP contribution in [0.1, 0.15) is 57.2 Å². The minimum Gasteiger partial charge on any atom is -0.339 e. The monoisotopic (exact) mass is 207 g/mol. The lowest BCUT2D eigenvalue weighted by atomic mass is 10.1. The standard InChI is InChI=1S/C11H17N3O/c1-3-4-7-10-13-11(15-14-10)9(2)6-5-8-12/h9H,3-7H2,1-2H3. The van der Waals surface area contributed by atoms with Crippen molar-refractivity contribution in [2.24, 2.45) is 0 Å². The highest BCUT2D eigenvalue weighted by atomic mass is 16.5. The van der Waals surface area contributed by atoms with Gasteiger partial charge in [0.1, 0.15) is 0 Å². The van der Waals surface area contributed by atoms with Crippen LogP contribution < -0.4 is 0 Å². The van der Waals surface area contributed by atoms with Crippen molar-refractivity contribution in [2.45, 2.75) is 51.9 Å². The highest BCUT2D eigenvalue weighted by Gasteiger charge is 2.13. The van der Waals surface area contributed by atoms with Crippen LogP contribution in [0.3, 0.4) is 0 Å². The van der Waals surface area contributed by atoms with E-state index in [1.807, 2.05) is 6.92 Å². The summed E-state index contributed by atoms with van der Waals surface area (Å²) in [6.07, 6.45) is 4.42. The molecule has 0 saturated heterocycles. The van der Waals surface area contributed by atoms with Crippen molar-refractivity contribution in [2.75, 3.05) is 0 Å². The van der Waals surface area contributed by atoms with E-state index in [1.54, 1.807) is 0 Å². The summed E-state index contributed by atoms with van der Waals surface area (Å²) in [4.78, 5) is 4.31. The lowest BCUT2D eigenvalue weighted by Crippen LogP contribution is -1.94. The zero-order valence-electron chi connectivity index (χ0n) is 9.36. The van der Waals surface area contributed by atoms with Crippen LogP contribution in [0, 0.1) is 11.3 Å². The summed E-state index contributed by atoms with van der Waals surface area (Å²) in [7, 11) is 0. The molecule has 0 fully saturated rings. The number of hydrogen-bond acceptors (Lipinski definition) is 4. The molecule has 4 nitrogen and oxygen atoms in total. The third-order valence-electron chi connectivity index (χ3n) is 2.35. The SMILES string of the molecule is CCCCc1noc(C(C)CCC#N)n1. The third kappa shape index (κ3) is 3.70. The molecule has 0 N–H and O–H groups in total. The molecule has 1 aromatic rings. The first-order valence-corrected chi connectivity index (χ1v) is 5.47. The molecular formula is C11H17N3O. The van der Waals surface area contributed by atoms with Gasteiger partial charge in [0.2, 0.25) is 5.89 Å². The second-order valence-corrected chi connectivity index (χ2v) is 3.75. The summed E-state index contributed by atoms with van der Waals surface area (Å²) < 4.78 is 5.15. The fourth-order valence-corrected chi connectivity index (χ4v) is 1.31. The molecule has 15 heavy (non-hydrogen) atoms. The van der Waals surface area contributed by atoms with Crippen LogP contribution in [0.4, 0.5) is 0 Å². The molecule has 0 aromatic carbocycles. The molecule has 0 aliphatic carbocycles. The molecule has 1 unspecified atom stereocenters. The highest BCUT2D eigenvalue weighted by Crippen LogP contribution is 2.18. The van der Waals surface area contributed by atoms with E-state index in [4.69, 9.17) is 9.78 Å². The molecule has 1 aromatic heterocycles. The van der Waals surface area contributed by atoms with Gasteiger partial charge in [-0.15, -0.1) is 0 Å². The molecule has 0 spiro atoms. The lowest BCUT2D eigenvalue weighted by Gasteiger charge is -2.00. The van der Waals surface area contributed by atoms with E-state index in [2.05, 4.69) is 23.1 Å². The normalized spacial score (nSPS) is 12.3. The van der Waals surface area contributed by atoms with Crippen LogP contribution in [0.2, 0.25) is 0 Å². The Hall–Kier alpha value is -1.37. The van der Waals surface area contributed by atoms with Gasteiger partial charge in [0.15, 0.2) is 5.82 Å². The number of aromatic nitrogens is 2. The van der Waals surface area contributed by atoms with Gasteiger partial charge in [-0.05, 0) is 12.8 Å². The minimum absolute atomic E-state index is 0.188. The van der Waals surface area contributed by atoms with Crippen LogP contribution in [-0.4, -0.2) is 10.1 Å². The molecule has 0 saturated carbocycles. The predicted molar refractivity (Wildman–Crippen MR) is 56.2 cm³/mol. The number of unbranched alkanes of at least 4 members (excludes halogenated alkanes) is 1. The Bertz CT molecular complexity index is 327. The van der Waals surface area contributed by atoms with E-state index in [-0.39, 0.29) is 5.92 Å². The molecule has 0 bridgehead atoms. The fraction of sp³-hybridized carbons (Fsp3) is 0.727. The largest absolute Gasteiger partial charge is 0.339 e. The molecule has 1 heterocycles. The summed E-state index contributed by atoms with van der Waals surface area (Å²) >= 11 is 0. The maximum Gasteiger partial charge on any atom is 0.229 e. The Balaban J connectivity index is 2.48. The average molecular weight is 207 g/mol. The zero-order chi connectivity index (χ0) is 11.1. The third-order valence-corrected chi connectivity index (χ3v) is 2.35. The first-order valence-electron chi connectivity index (χ1n) is 5.47. The van der Waals surface area contributed by atoms with E-state index in [0.717, 1.165) is 31.5 Å². The van der Waals surface area contributed by atoms with Crippen molar-refractivity contribution in [1.29, 1.82) is 5.26 Å². The average Bonchev–Trinajstić information content (AvgIpc) is 2.71. The maximum absolute atomic E-state index is 8.47. The van der Waals surface area contributed by atoms with Crippen molar-refractivity contribution >= 4 is 0 Å². The lowest BCUT2D eigenvalue weighted by molar-refractivity contribution is 0.350. The predicted octanol–water partition coefficient (Wildman–Crippen LogP) is 2.82. The topological polar surface area (TPSA) is 62.7 Å². The van der Waals surface area contributed by atoms with Gasteiger partial charge in [-0.25, -0.2) is 0 Å². The van der Waals surface area contributed by atoms with Crippen molar-refractivity contribution in [3.05, 3.63) is 11.7 Å². The van der Waals surface area contributed by atoms with Crippen molar-refractivity contribution in [3.8, 4) is 6.07 Å². The Labute approximate surface area is 90.3 Å². The van der Waals surface area contributed by atoms with Gasteiger partial charge in [0.25, 0.3) is 0 Å². The fourth-order valence-electron chi connectivity index (χ4n) is 1.31. The van der Waals surface area contributed by atoms with Gasteiger partial charge < -0.3 is 4.52 Å². The van der Waals surface area contributed by atoms with E-state index in [0.29, 0.717) is 12.3 Å².